The van der Waals surface area contributed by atoms with Crippen LogP contribution in [-0.4, -0.2) is 60.2 Å². The molecule has 2 aliphatic rings. The molecule has 4 rings (SSSR count). The Labute approximate surface area is 147 Å². The number of nitrogens with zero attached hydrogens (tertiary/aromatic N) is 3. The highest BCUT2D eigenvalue weighted by Gasteiger charge is 2.28. The third-order valence-corrected chi connectivity index (χ3v) is 5.02. The van der Waals surface area contributed by atoms with Crippen molar-refractivity contribution in [1.82, 2.24) is 25.7 Å². The molecule has 7 nitrogen and oxygen atoms in total. The van der Waals surface area contributed by atoms with Crippen LogP contribution in [-0.2, 0) is 0 Å². The summed E-state index contributed by atoms with van der Waals surface area (Å²) in [5.74, 6) is 0.412. The van der Waals surface area contributed by atoms with E-state index in [2.05, 4.69) is 25.7 Å². The van der Waals surface area contributed by atoms with Crippen molar-refractivity contribution in [2.75, 3.05) is 39.3 Å². The van der Waals surface area contributed by atoms with E-state index in [1.807, 2.05) is 13.0 Å². The van der Waals surface area contributed by atoms with Crippen molar-refractivity contribution >= 4 is 17.0 Å². The van der Waals surface area contributed by atoms with Gasteiger partial charge in [-0.3, -0.25) is 4.79 Å². The van der Waals surface area contributed by atoms with Crippen molar-refractivity contribution in [3.63, 3.8) is 0 Å². The van der Waals surface area contributed by atoms with Crippen LogP contribution in [0.4, 0.5) is 0 Å². The van der Waals surface area contributed by atoms with E-state index in [0.717, 1.165) is 68.8 Å². The number of carbonyl (C=O) groups is 1. The van der Waals surface area contributed by atoms with E-state index < -0.39 is 0 Å². The first-order valence-corrected chi connectivity index (χ1v) is 9.20. The van der Waals surface area contributed by atoms with Gasteiger partial charge in [-0.15, -0.1) is 0 Å². The summed E-state index contributed by atoms with van der Waals surface area (Å²) in [5.41, 5.74) is 2.80. The van der Waals surface area contributed by atoms with Gasteiger partial charge in [0.2, 0.25) is 0 Å². The van der Waals surface area contributed by atoms with Crippen LogP contribution in [0.25, 0.3) is 11.1 Å². The van der Waals surface area contributed by atoms with Crippen molar-refractivity contribution < 1.29 is 9.32 Å². The van der Waals surface area contributed by atoms with Crippen molar-refractivity contribution in [3.05, 3.63) is 23.0 Å². The maximum atomic E-state index is 12.7. The van der Waals surface area contributed by atoms with Crippen LogP contribution >= 0.6 is 0 Å². The lowest BCUT2D eigenvalue weighted by atomic mass is 10.1. The van der Waals surface area contributed by atoms with Crippen LogP contribution in [0.15, 0.2) is 10.6 Å². The minimum Gasteiger partial charge on any atom is -0.352 e. The van der Waals surface area contributed by atoms with Gasteiger partial charge in [-0.25, -0.2) is 4.98 Å². The van der Waals surface area contributed by atoms with Crippen molar-refractivity contribution in [2.24, 2.45) is 0 Å². The Morgan fingerprint density at radius 2 is 2.20 bits per heavy atom. The zero-order valence-electron chi connectivity index (χ0n) is 14.7. The molecule has 0 radical (unpaired) electrons. The SMILES string of the molecule is Cc1noc2nc(C3CC3)cc(C(=O)NCCCN3CCNCC3)c12. The predicted molar refractivity (Wildman–Crippen MR) is 94.8 cm³/mol. The molecular formula is C18H25N5O2. The average Bonchev–Trinajstić information content (AvgIpc) is 3.42. The van der Waals surface area contributed by atoms with Crippen molar-refractivity contribution in [2.45, 2.75) is 32.1 Å². The number of amides is 1. The van der Waals surface area contributed by atoms with E-state index in [4.69, 9.17) is 4.52 Å². The third kappa shape index (κ3) is 3.67. The number of nitrogens with one attached hydrogen (secondary N) is 2. The lowest BCUT2D eigenvalue weighted by molar-refractivity contribution is 0.0952. The fourth-order valence-electron chi connectivity index (χ4n) is 3.42. The van der Waals surface area contributed by atoms with Gasteiger partial charge < -0.3 is 20.1 Å². The molecule has 134 valence electrons. The van der Waals surface area contributed by atoms with Crippen LogP contribution in [0.2, 0.25) is 0 Å². The summed E-state index contributed by atoms with van der Waals surface area (Å²) in [4.78, 5) is 19.7. The number of rotatable bonds is 6. The molecule has 1 saturated carbocycles. The van der Waals surface area contributed by atoms with E-state index >= 15 is 0 Å². The first-order valence-electron chi connectivity index (χ1n) is 9.20. The van der Waals surface area contributed by atoms with Crippen LogP contribution in [0.5, 0.6) is 0 Å². The number of aryl methyl sites for hydroxylation is 1. The molecule has 1 amide bonds. The maximum absolute atomic E-state index is 12.7. The maximum Gasteiger partial charge on any atom is 0.259 e. The van der Waals surface area contributed by atoms with Gasteiger partial charge >= 0.3 is 0 Å². The minimum absolute atomic E-state index is 0.0547. The normalized spacial score (nSPS) is 18.6. The quantitative estimate of drug-likeness (QED) is 0.772. The first kappa shape index (κ1) is 16.5. The lowest BCUT2D eigenvalue weighted by Gasteiger charge is -2.27. The molecule has 0 spiro atoms. The molecule has 1 aliphatic heterocycles. The second-order valence-corrected chi connectivity index (χ2v) is 7.02. The summed E-state index contributed by atoms with van der Waals surface area (Å²) in [6.45, 7) is 7.83. The number of carbonyl (C=O) groups excluding carboxylic acids is 1. The molecular weight excluding hydrogens is 318 g/mol. The molecule has 0 unspecified atom stereocenters. The van der Waals surface area contributed by atoms with E-state index in [1.54, 1.807) is 0 Å². The zero-order chi connectivity index (χ0) is 17.2. The van der Waals surface area contributed by atoms with Crippen LogP contribution < -0.4 is 10.6 Å². The summed E-state index contributed by atoms with van der Waals surface area (Å²) in [6, 6.07) is 1.93. The lowest BCUT2D eigenvalue weighted by Crippen LogP contribution is -2.44. The van der Waals surface area contributed by atoms with Gasteiger partial charge in [-0.1, -0.05) is 5.16 Å². The molecule has 7 heteroatoms. The molecule has 25 heavy (non-hydrogen) atoms. The largest absolute Gasteiger partial charge is 0.352 e. The highest BCUT2D eigenvalue weighted by Crippen LogP contribution is 2.40. The monoisotopic (exact) mass is 343 g/mol. The number of aromatic nitrogens is 2. The number of hydrogen-bond acceptors (Lipinski definition) is 6. The molecule has 0 atom stereocenters. The predicted octanol–water partition coefficient (Wildman–Crippen LogP) is 1.43. The molecule has 1 saturated heterocycles. The number of piperazine rings is 1. The average molecular weight is 343 g/mol. The van der Waals surface area contributed by atoms with Crippen LogP contribution in [0.3, 0.4) is 0 Å². The molecule has 2 N–H and O–H groups in total. The smallest absolute Gasteiger partial charge is 0.259 e. The molecule has 0 aromatic carbocycles. The Hall–Kier alpha value is -1.99. The molecule has 0 bridgehead atoms. The Bertz CT molecular complexity index is 762. The van der Waals surface area contributed by atoms with Gasteiger partial charge in [0.25, 0.3) is 11.6 Å². The summed E-state index contributed by atoms with van der Waals surface area (Å²) in [5, 5.41) is 11.1. The van der Waals surface area contributed by atoms with E-state index in [1.165, 1.54) is 0 Å². The number of hydrogen-bond donors (Lipinski definition) is 2. The summed E-state index contributed by atoms with van der Waals surface area (Å²) in [7, 11) is 0. The Kier molecular flexibility index (Phi) is 4.67. The molecule has 2 fully saturated rings. The van der Waals surface area contributed by atoms with Crippen molar-refractivity contribution in [1.29, 1.82) is 0 Å². The minimum atomic E-state index is -0.0547. The van der Waals surface area contributed by atoms with Gasteiger partial charge in [0.05, 0.1) is 16.6 Å². The van der Waals surface area contributed by atoms with Gasteiger partial charge in [0, 0.05) is 44.3 Å². The molecule has 2 aromatic heterocycles. The topological polar surface area (TPSA) is 83.3 Å². The van der Waals surface area contributed by atoms with Crippen LogP contribution in [0.1, 0.15) is 46.9 Å². The molecule has 3 heterocycles. The summed E-state index contributed by atoms with van der Waals surface area (Å²) in [6.07, 6.45) is 3.23. The van der Waals surface area contributed by atoms with E-state index in [-0.39, 0.29) is 5.91 Å². The molecule has 2 aromatic rings. The van der Waals surface area contributed by atoms with E-state index in [0.29, 0.717) is 23.7 Å². The fourth-order valence-corrected chi connectivity index (χ4v) is 3.42. The number of pyridine rings is 1. The second-order valence-electron chi connectivity index (χ2n) is 7.02. The second kappa shape index (κ2) is 7.09. The highest BCUT2D eigenvalue weighted by molar-refractivity contribution is 6.06. The van der Waals surface area contributed by atoms with Crippen LogP contribution in [0, 0.1) is 6.92 Å². The Morgan fingerprint density at radius 3 is 2.96 bits per heavy atom. The standard InChI is InChI=1S/C18H25N5O2/c1-12-16-14(11-15(13-3-4-13)21-18(16)25-22-12)17(24)20-5-2-8-23-9-6-19-7-10-23/h11,13,19H,2-10H2,1H3,(H,20,24). The summed E-state index contributed by atoms with van der Waals surface area (Å²) < 4.78 is 5.31. The van der Waals surface area contributed by atoms with Crippen molar-refractivity contribution in [3.8, 4) is 0 Å². The first-order chi connectivity index (χ1) is 12.2. The van der Waals surface area contributed by atoms with Gasteiger partial charge in [-0.2, -0.15) is 0 Å². The molecule has 1 aliphatic carbocycles. The highest BCUT2D eigenvalue weighted by atomic mass is 16.5. The van der Waals surface area contributed by atoms with Gasteiger partial charge in [0.15, 0.2) is 0 Å². The van der Waals surface area contributed by atoms with Gasteiger partial charge in [-0.05, 0) is 38.8 Å². The Balaban J connectivity index is 1.41. The number of fused-ring (bicyclic) bond motifs is 1. The Morgan fingerprint density at radius 1 is 1.40 bits per heavy atom. The zero-order valence-corrected chi connectivity index (χ0v) is 14.7. The third-order valence-electron chi connectivity index (χ3n) is 5.02. The van der Waals surface area contributed by atoms with E-state index in [9.17, 15) is 4.79 Å². The van der Waals surface area contributed by atoms with Gasteiger partial charge in [0.1, 0.15) is 0 Å². The fraction of sp³-hybridized carbons (Fsp3) is 0.611. The summed E-state index contributed by atoms with van der Waals surface area (Å²) >= 11 is 0.